The van der Waals surface area contributed by atoms with Crippen LogP contribution in [0.3, 0.4) is 0 Å². The SMILES string of the molecule is CC1CC(n2c(CCl)nc3cc(Cl)ccc32)CCO1. The van der Waals surface area contributed by atoms with Crippen LogP contribution in [0.1, 0.15) is 31.6 Å². The van der Waals surface area contributed by atoms with Gasteiger partial charge in [0.05, 0.1) is 23.0 Å². The van der Waals surface area contributed by atoms with Crippen LogP contribution in [-0.4, -0.2) is 22.3 Å². The summed E-state index contributed by atoms with van der Waals surface area (Å²) < 4.78 is 7.88. The predicted molar refractivity (Wildman–Crippen MR) is 78.0 cm³/mol. The summed E-state index contributed by atoms with van der Waals surface area (Å²) in [5.41, 5.74) is 2.03. The highest BCUT2D eigenvalue weighted by Gasteiger charge is 2.24. The fourth-order valence-corrected chi connectivity index (χ4v) is 3.19. The number of benzene rings is 1. The zero-order valence-electron chi connectivity index (χ0n) is 10.8. The lowest BCUT2D eigenvalue weighted by molar-refractivity contribution is 0.00633. The minimum Gasteiger partial charge on any atom is -0.378 e. The molecule has 0 amide bonds. The van der Waals surface area contributed by atoms with E-state index >= 15 is 0 Å². The van der Waals surface area contributed by atoms with Crippen molar-refractivity contribution < 1.29 is 4.74 Å². The van der Waals surface area contributed by atoms with Crippen molar-refractivity contribution in [3.05, 3.63) is 29.0 Å². The maximum absolute atomic E-state index is 6.05. The number of hydrogen-bond donors (Lipinski definition) is 0. The first-order chi connectivity index (χ1) is 9.19. The number of ether oxygens (including phenoxy) is 1. The summed E-state index contributed by atoms with van der Waals surface area (Å²) in [6.45, 7) is 2.91. The number of rotatable bonds is 2. The monoisotopic (exact) mass is 298 g/mol. The molecule has 1 aromatic heterocycles. The molecule has 102 valence electrons. The summed E-state index contributed by atoms with van der Waals surface area (Å²) in [7, 11) is 0. The van der Waals surface area contributed by atoms with E-state index in [1.54, 1.807) is 0 Å². The molecular formula is C14H16Cl2N2O. The number of hydrogen-bond acceptors (Lipinski definition) is 2. The lowest BCUT2D eigenvalue weighted by Gasteiger charge is -2.29. The molecule has 3 nitrogen and oxygen atoms in total. The van der Waals surface area contributed by atoms with Crippen LogP contribution >= 0.6 is 23.2 Å². The Morgan fingerprint density at radius 1 is 1.47 bits per heavy atom. The average molecular weight is 299 g/mol. The van der Waals surface area contributed by atoms with Gasteiger partial charge in [0.25, 0.3) is 0 Å². The van der Waals surface area contributed by atoms with E-state index < -0.39 is 0 Å². The van der Waals surface area contributed by atoms with Gasteiger partial charge in [0, 0.05) is 17.7 Å². The van der Waals surface area contributed by atoms with Crippen molar-refractivity contribution in [3.63, 3.8) is 0 Å². The highest BCUT2D eigenvalue weighted by molar-refractivity contribution is 6.31. The number of nitrogens with zero attached hydrogens (tertiary/aromatic N) is 2. The van der Waals surface area contributed by atoms with Crippen molar-refractivity contribution in [2.75, 3.05) is 6.61 Å². The van der Waals surface area contributed by atoms with E-state index in [0.29, 0.717) is 16.9 Å². The van der Waals surface area contributed by atoms with Gasteiger partial charge in [0.2, 0.25) is 0 Å². The second kappa shape index (κ2) is 5.31. The van der Waals surface area contributed by atoms with Crippen LogP contribution in [0, 0.1) is 0 Å². The van der Waals surface area contributed by atoms with Crippen LogP contribution in [0.25, 0.3) is 11.0 Å². The Morgan fingerprint density at radius 2 is 2.32 bits per heavy atom. The first-order valence-corrected chi connectivity index (χ1v) is 7.44. The van der Waals surface area contributed by atoms with Gasteiger partial charge < -0.3 is 9.30 Å². The van der Waals surface area contributed by atoms with Gasteiger partial charge in [-0.1, -0.05) is 11.6 Å². The van der Waals surface area contributed by atoms with E-state index in [4.69, 9.17) is 27.9 Å². The molecule has 1 saturated heterocycles. The van der Waals surface area contributed by atoms with Crippen LogP contribution in [0.2, 0.25) is 5.02 Å². The van der Waals surface area contributed by atoms with Crippen molar-refractivity contribution in [1.29, 1.82) is 0 Å². The second-order valence-electron chi connectivity index (χ2n) is 5.02. The highest BCUT2D eigenvalue weighted by Crippen LogP contribution is 2.31. The number of imidazole rings is 1. The van der Waals surface area contributed by atoms with Crippen LogP contribution in [0.15, 0.2) is 18.2 Å². The Bertz CT molecular complexity index is 596. The summed E-state index contributed by atoms with van der Waals surface area (Å²) in [6, 6.07) is 6.24. The standard InChI is InChI=1S/C14H16Cl2N2O/c1-9-6-11(4-5-19-9)18-13-3-2-10(16)7-12(13)17-14(18)8-15/h2-3,7,9,11H,4-6,8H2,1H3. The number of fused-ring (bicyclic) bond motifs is 1. The molecule has 1 fully saturated rings. The van der Waals surface area contributed by atoms with E-state index in [-0.39, 0.29) is 6.10 Å². The van der Waals surface area contributed by atoms with Crippen LogP contribution in [-0.2, 0) is 10.6 Å². The Morgan fingerprint density at radius 3 is 3.05 bits per heavy atom. The zero-order chi connectivity index (χ0) is 13.4. The van der Waals surface area contributed by atoms with Gasteiger partial charge in [-0.3, -0.25) is 0 Å². The molecule has 0 aliphatic carbocycles. The number of aromatic nitrogens is 2. The normalized spacial score (nSPS) is 23.9. The lowest BCUT2D eigenvalue weighted by Crippen LogP contribution is -2.26. The van der Waals surface area contributed by atoms with Gasteiger partial charge in [0.15, 0.2) is 0 Å². The molecule has 1 aliphatic heterocycles. The molecular weight excluding hydrogens is 283 g/mol. The van der Waals surface area contributed by atoms with Gasteiger partial charge in [-0.05, 0) is 38.0 Å². The summed E-state index contributed by atoms with van der Waals surface area (Å²) in [4.78, 5) is 4.60. The van der Waals surface area contributed by atoms with E-state index in [9.17, 15) is 0 Å². The maximum atomic E-state index is 6.05. The Kier molecular flexibility index (Phi) is 3.70. The third kappa shape index (κ3) is 2.47. The molecule has 0 N–H and O–H groups in total. The zero-order valence-corrected chi connectivity index (χ0v) is 12.3. The van der Waals surface area contributed by atoms with E-state index in [1.165, 1.54) is 0 Å². The van der Waals surface area contributed by atoms with Crippen LogP contribution in [0.4, 0.5) is 0 Å². The fraction of sp³-hybridized carbons (Fsp3) is 0.500. The molecule has 3 rings (SSSR count). The van der Waals surface area contributed by atoms with Gasteiger partial charge >= 0.3 is 0 Å². The Hall–Kier alpha value is -0.770. The molecule has 2 atom stereocenters. The molecule has 1 aliphatic rings. The molecule has 0 spiro atoms. The first kappa shape index (κ1) is 13.2. The van der Waals surface area contributed by atoms with Crippen LogP contribution in [0.5, 0.6) is 0 Å². The Labute approximate surface area is 122 Å². The summed E-state index contributed by atoms with van der Waals surface area (Å²) >= 11 is 12.1. The minimum atomic E-state index is 0.284. The largest absolute Gasteiger partial charge is 0.378 e. The molecule has 0 radical (unpaired) electrons. The van der Waals surface area contributed by atoms with E-state index in [2.05, 4.69) is 16.5 Å². The van der Waals surface area contributed by atoms with Gasteiger partial charge in [-0.25, -0.2) is 4.98 Å². The molecule has 19 heavy (non-hydrogen) atoms. The molecule has 0 bridgehead atoms. The number of alkyl halides is 1. The van der Waals surface area contributed by atoms with Crippen molar-refractivity contribution in [1.82, 2.24) is 9.55 Å². The van der Waals surface area contributed by atoms with Crippen LogP contribution < -0.4 is 0 Å². The highest BCUT2D eigenvalue weighted by atomic mass is 35.5. The van der Waals surface area contributed by atoms with Crippen molar-refractivity contribution in [2.45, 2.75) is 37.8 Å². The summed E-state index contributed by atoms with van der Waals surface area (Å²) in [6.07, 6.45) is 2.28. The third-order valence-corrected chi connectivity index (χ3v) is 4.14. The van der Waals surface area contributed by atoms with E-state index in [1.807, 2.05) is 18.2 Å². The Balaban J connectivity index is 2.10. The van der Waals surface area contributed by atoms with Gasteiger partial charge in [-0.15, -0.1) is 11.6 Å². The average Bonchev–Trinajstić information content (AvgIpc) is 2.76. The lowest BCUT2D eigenvalue weighted by atomic mass is 10.0. The van der Waals surface area contributed by atoms with Gasteiger partial charge in [-0.2, -0.15) is 0 Å². The van der Waals surface area contributed by atoms with Crippen molar-refractivity contribution in [3.8, 4) is 0 Å². The summed E-state index contributed by atoms with van der Waals surface area (Å²) in [5, 5.41) is 0.707. The van der Waals surface area contributed by atoms with Gasteiger partial charge in [0.1, 0.15) is 5.82 Å². The molecule has 5 heteroatoms. The molecule has 2 aromatic rings. The topological polar surface area (TPSA) is 27.1 Å². The quantitative estimate of drug-likeness (QED) is 0.778. The maximum Gasteiger partial charge on any atom is 0.125 e. The molecule has 1 aromatic carbocycles. The minimum absolute atomic E-state index is 0.284. The predicted octanol–water partition coefficient (Wildman–Crippen LogP) is 4.17. The number of halogens is 2. The smallest absolute Gasteiger partial charge is 0.125 e. The molecule has 2 unspecified atom stereocenters. The second-order valence-corrected chi connectivity index (χ2v) is 5.73. The third-order valence-electron chi connectivity index (χ3n) is 3.67. The van der Waals surface area contributed by atoms with Crippen molar-refractivity contribution >= 4 is 34.2 Å². The molecule has 2 heterocycles. The van der Waals surface area contributed by atoms with Crippen molar-refractivity contribution in [2.24, 2.45) is 0 Å². The summed E-state index contributed by atoms with van der Waals surface area (Å²) in [5.74, 6) is 1.33. The van der Waals surface area contributed by atoms with E-state index in [0.717, 1.165) is 36.3 Å². The first-order valence-electron chi connectivity index (χ1n) is 6.53. The fourth-order valence-electron chi connectivity index (χ4n) is 2.83. The molecule has 0 saturated carbocycles.